The molecular weight excluding hydrogens is 376 g/mol. The zero-order valence-electron chi connectivity index (χ0n) is 17.0. The van der Waals surface area contributed by atoms with Gasteiger partial charge in [-0.05, 0) is 42.7 Å². The van der Waals surface area contributed by atoms with Gasteiger partial charge in [0.25, 0.3) is 0 Å². The van der Waals surface area contributed by atoms with Crippen molar-refractivity contribution in [2.45, 2.75) is 31.9 Å². The van der Waals surface area contributed by atoms with Crippen molar-refractivity contribution in [2.24, 2.45) is 10.9 Å². The lowest BCUT2D eigenvalue weighted by Gasteiger charge is -2.37. The van der Waals surface area contributed by atoms with Gasteiger partial charge in [-0.15, -0.1) is 0 Å². The van der Waals surface area contributed by atoms with Crippen LogP contribution in [0.25, 0.3) is 0 Å². The molecule has 3 atom stereocenters. The smallest absolute Gasteiger partial charge is 0.191 e. The number of aliphatic imine (C=N–C) groups is 1. The molecular formula is C20H34N4O3S. The molecule has 0 saturated carbocycles. The van der Waals surface area contributed by atoms with Gasteiger partial charge in [-0.25, -0.2) is 4.99 Å². The molecule has 0 aliphatic carbocycles. The van der Waals surface area contributed by atoms with Crippen LogP contribution >= 0.6 is 11.3 Å². The lowest BCUT2D eigenvalue weighted by Crippen LogP contribution is -2.53. The molecule has 3 unspecified atom stereocenters. The number of nitrogens with zero attached hydrogens (tertiary/aromatic N) is 2. The Balaban J connectivity index is 1.62. The summed E-state index contributed by atoms with van der Waals surface area (Å²) in [5, 5.41) is 21.5. The largest absolute Gasteiger partial charge is 0.383 e. The Morgan fingerprint density at radius 1 is 1.36 bits per heavy atom. The van der Waals surface area contributed by atoms with Crippen LogP contribution in [-0.4, -0.2) is 81.2 Å². The fraction of sp³-hybridized carbons (Fsp3) is 0.750. The second-order valence-corrected chi connectivity index (χ2v) is 8.48. The molecule has 0 spiro atoms. The summed E-state index contributed by atoms with van der Waals surface area (Å²) in [6, 6.07) is 2.35. The van der Waals surface area contributed by atoms with Crippen LogP contribution in [0.3, 0.4) is 0 Å². The van der Waals surface area contributed by atoms with Crippen molar-refractivity contribution in [2.75, 3.05) is 59.2 Å². The fourth-order valence-corrected chi connectivity index (χ4v) is 4.58. The molecule has 0 bridgehead atoms. The number of aliphatic hydroxyl groups is 1. The monoisotopic (exact) mass is 410 g/mol. The number of morpholine rings is 1. The number of guanidine groups is 1. The van der Waals surface area contributed by atoms with Gasteiger partial charge in [0.1, 0.15) is 5.60 Å². The number of ether oxygens (including phenoxy) is 2. The number of hydrogen-bond donors (Lipinski definition) is 3. The van der Waals surface area contributed by atoms with E-state index in [4.69, 9.17) is 9.47 Å². The maximum Gasteiger partial charge on any atom is 0.191 e. The quantitative estimate of drug-likeness (QED) is 0.442. The molecule has 2 aliphatic rings. The van der Waals surface area contributed by atoms with Gasteiger partial charge in [-0.1, -0.05) is 0 Å². The first kappa shape index (κ1) is 21.5. The Morgan fingerprint density at radius 3 is 2.82 bits per heavy atom. The van der Waals surface area contributed by atoms with Gasteiger partial charge in [0, 0.05) is 44.7 Å². The first-order valence-electron chi connectivity index (χ1n) is 10.3. The normalized spacial score (nSPS) is 24.7. The van der Waals surface area contributed by atoms with Crippen molar-refractivity contribution in [3.63, 3.8) is 0 Å². The number of thiophene rings is 1. The third-order valence-electron chi connectivity index (χ3n) is 5.53. The van der Waals surface area contributed by atoms with Crippen molar-refractivity contribution in [1.82, 2.24) is 15.5 Å². The van der Waals surface area contributed by atoms with E-state index in [1.54, 1.807) is 11.3 Å². The van der Waals surface area contributed by atoms with Gasteiger partial charge in [-0.2, -0.15) is 11.3 Å². The Labute approximate surface area is 172 Å². The highest BCUT2D eigenvalue weighted by Gasteiger charge is 2.31. The second kappa shape index (κ2) is 10.5. The SMILES string of the molecule is CCNC(=NCC(C)(O)c1ccsc1)NCC(C1CCOC1)N1CCOCC1. The highest BCUT2D eigenvalue weighted by atomic mass is 32.1. The van der Waals surface area contributed by atoms with Crippen molar-refractivity contribution in [3.8, 4) is 0 Å². The molecule has 1 aromatic heterocycles. The highest BCUT2D eigenvalue weighted by molar-refractivity contribution is 7.08. The predicted octanol–water partition coefficient (Wildman–Crippen LogP) is 1.25. The van der Waals surface area contributed by atoms with E-state index in [2.05, 4.69) is 27.4 Å². The summed E-state index contributed by atoms with van der Waals surface area (Å²) in [6.07, 6.45) is 1.10. The third kappa shape index (κ3) is 5.90. The number of rotatable bonds is 8. The van der Waals surface area contributed by atoms with Crippen LogP contribution in [0.15, 0.2) is 21.8 Å². The summed E-state index contributed by atoms with van der Waals surface area (Å²) < 4.78 is 11.2. The van der Waals surface area contributed by atoms with Crippen molar-refractivity contribution in [1.29, 1.82) is 0 Å². The van der Waals surface area contributed by atoms with E-state index in [1.165, 1.54) is 0 Å². The van der Waals surface area contributed by atoms with Crippen molar-refractivity contribution in [3.05, 3.63) is 22.4 Å². The molecule has 28 heavy (non-hydrogen) atoms. The van der Waals surface area contributed by atoms with Crippen molar-refractivity contribution >= 4 is 17.3 Å². The molecule has 2 aliphatic heterocycles. The van der Waals surface area contributed by atoms with Crippen LogP contribution in [0.1, 0.15) is 25.8 Å². The van der Waals surface area contributed by atoms with E-state index in [0.29, 0.717) is 18.5 Å². The zero-order chi connectivity index (χ0) is 19.8. The van der Waals surface area contributed by atoms with Gasteiger partial charge < -0.3 is 25.2 Å². The van der Waals surface area contributed by atoms with Gasteiger partial charge in [0.05, 0.1) is 26.4 Å². The Hall–Kier alpha value is -1.19. The standard InChI is InChI=1S/C20H34N4O3S/c1-3-21-19(23-15-20(2,25)17-5-11-28-14-17)22-12-18(16-4-8-27-13-16)24-6-9-26-10-7-24/h5,11,14,16,18,25H,3-4,6-10,12-13,15H2,1-2H3,(H2,21,22,23). The third-order valence-corrected chi connectivity index (χ3v) is 6.22. The molecule has 2 saturated heterocycles. The van der Waals surface area contributed by atoms with E-state index < -0.39 is 5.60 Å². The molecule has 1 aromatic rings. The lowest BCUT2D eigenvalue weighted by molar-refractivity contribution is 0.00245. The lowest BCUT2D eigenvalue weighted by atomic mass is 9.97. The molecule has 2 fully saturated rings. The summed E-state index contributed by atoms with van der Waals surface area (Å²) in [5.41, 5.74) is -0.0583. The van der Waals surface area contributed by atoms with E-state index in [1.807, 2.05) is 23.8 Å². The molecule has 7 nitrogen and oxygen atoms in total. The van der Waals surface area contributed by atoms with E-state index in [9.17, 15) is 5.11 Å². The van der Waals surface area contributed by atoms with Crippen LogP contribution in [0.5, 0.6) is 0 Å². The molecule has 8 heteroatoms. The minimum atomic E-state index is -0.967. The molecule has 3 N–H and O–H groups in total. The van der Waals surface area contributed by atoms with Crippen LogP contribution in [0.2, 0.25) is 0 Å². The van der Waals surface area contributed by atoms with Crippen LogP contribution < -0.4 is 10.6 Å². The number of hydrogen-bond acceptors (Lipinski definition) is 6. The summed E-state index contributed by atoms with van der Waals surface area (Å²) in [6.45, 7) is 11.0. The fourth-order valence-electron chi connectivity index (χ4n) is 3.80. The predicted molar refractivity (Wildman–Crippen MR) is 113 cm³/mol. The Bertz CT molecular complexity index is 597. The van der Waals surface area contributed by atoms with E-state index >= 15 is 0 Å². The van der Waals surface area contributed by atoms with Gasteiger partial charge >= 0.3 is 0 Å². The van der Waals surface area contributed by atoms with Gasteiger partial charge in [-0.3, -0.25) is 4.90 Å². The van der Waals surface area contributed by atoms with Crippen molar-refractivity contribution < 1.29 is 14.6 Å². The summed E-state index contributed by atoms with van der Waals surface area (Å²) in [5.74, 6) is 1.28. The maximum absolute atomic E-state index is 10.8. The minimum absolute atomic E-state index is 0.313. The molecule has 0 amide bonds. The first-order chi connectivity index (χ1) is 13.6. The number of nitrogens with one attached hydrogen (secondary N) is 2. The second-order valence-electron chi connectivity index (χ2n) is 7.70. The minimum Gasteiger partial charge on any atom is -0.383 e. The average Bonchev–Trinajstić information content (AvgIpc) is 3.41. The molecule has 158 valence electrons. The molecule has 0 aromatic carbocycles. The molecule has 0 radical (unpaired) electrons. The average molecular weight is 411 g/mol. The first-order valence-corrected chi connectivity index (χ1v) is 11.2. The van der Waals surface area contributed by atoms with Crippen LogP contribution in [0.4, 0.5) is 0 Å². The zero-order valence-corrected chi connectivity index (χ0v) is 17.8. The summed E-state index contributed by atoms with van der Waals surface area (Å²) in [4.78, 5) is 7.17. The van der Waals surface area contributed by atoms with Gasteiger partial charge in [0.2, 0.25) is 0 Å². The Morgan fingerprint density at radius 2 is 2.18 bits per heavy atom. The van der Waals surface area contributed by atoms with Gasteiger partial charge in [0.15, 0.2) is 5.96 Å². The summed E-state index contributed by atoms with van der Waals surface area (Å²) >= 11 is 1.59. The van der Waals surface area contributed by atoms with E-state index in [0.717, 1.165) is 70.6 Å². The van der Waals surface area contributed by atoms with E-state index in [-0.39, 0.29) is 0 Å². The van der Waals surface area contributed by atoms with Crippen LogP contribution in [-0.2, 0) is 15.1 Å². The van der Waals surface area contributed by atoms with Crippen LogP contribution in [0, 0.1) is 5.92 Å². The topological polar surface area (TPSA) is 78.4 Å². The highest BCUT2D eigenvalue weighted by Crippen LogP contribution is 2.24. The Kier molecular flexibility index (Phi) is 8.11. The summed E-state index contributed by atoms with van der Waals surface area (Å²) in [7, 11) is 0. The maximum atomic E-state index is 10.8. The molecule has 3 heterocycles. The molecule has 3 rings (SSSR count).